The first-order valence-electron chi connectivity index (χ1n) is 8.43. The Balaban J connectivity index is 1.58. The van der Waals surface area contributed by atoms with Crippen LogP contribution in [0.3, 0.4) is 0 Å². The minimum Gasteiger partial charge on any atom is -0.482 e. The Bertz CT molecular complexity index is 1000. The number of carbonyl (C=O) groups excluding carboxylic acids is 2. The molecule has 3 rings (SSSR count). The van der Waals surface area contributed by atoms with E-state index < -0.39 is 0 Å². The SMILES string of the molecule is CC(=O)Nc1ccc(-c2csc(NC(=O)COc3cc(C)ccc3Cl)n2)cc1. The molecular formula is C20H18ClN3O3S. The van der Waals surface area contributed by atoms with E-state index in [0.717, 1.165) is 16.8 Å². The molecular weight excluding hydrogens is 398 g/mol. The zero-order valence-electron chi connectivity index (χ0n) is 15.3. The Labute approximate surface area is 171 Å². The van der Waals surface area contributed by atoms with Crippen LogP contribution >= 0.6 is 22.9 Å². The van der Waals surface area contributed by atoms with Gasteiger partial charge in [0, 0.05) is 23.6 Å². The molecule has 144 valence electrons. The molecule has 0 radical (unpaired) electrons. The minimum atomic E-state index is -0.320. The molecule has 0 aliphatic rings. The lowest BCUT2D eigenvalue weighted by molar-refractivity contribution is -0.118. The van der Waals surface area contributed by atoms with E-state index in [1.807, 2.05) is 30.5 Å². The highest BCUT2D eigenvalue weighted by atomic mass is 35.5. The van der Waals surface area contributed by atoms with E-state index >= 15 is 0 Å². The number of hydrogen-bond acceptors (Lipinski definition) is 5. The van der Waals surface area contributed by atoms with Crippen LogP contribution < -0.4 is 15.4 Å². The Morgan fingerprint density at radius 1 is 1.14 bits per heavy atom. The molecule has 3 aromatic rings. The summed E-state index contributed by atoms with van der Waals surface area (Å²) in [5, 5.41) is 8.21. The lowest BCUT2D eigenvalue weighted by Crippen LogP contribution is -2.20. The molecule has 2 amide bonds. The molecule has 1 heterocycles. The van der Waals surface area contributed by atoms with Crippen molar-refractivity contribution in [3.8, 4) is 17.0 Å². The normalized spacial score (nSPS) is 10.4. The van der Waals surface area contributed by atoms with Gasteiger partial charge in [0.2, 0.25) is 5.91 Å². The highest BCUT2D eigenvalue weighted by molar-refractivity contribution is 7.14. The van der Waals surface area contributed by atoms with Gasteiger partial charge in [0.25, 0.3) is 5.91 Å². The van der Waals surface area contributed by atoms with Crippen LogP contribution in [-0.2, 0) is 9.59 Å². The Hall–Kier alpha value is -2.90. The van der Waals surface area contributed by atoms with Gasteiger partial charge in [-0.15, -0.1) is 11.3 Å². The molecule has 1 aromatic heterocycles. The monoisotopic (exact) mass is 415 g/mol. The van der Waals surface area contributed by atoms with E-state index in [4.69, 9.17) is 16.3 Å². The molecule has 8 heteroatoms. The van der Waals surface area contributed by atoms with E-state index in [0.29, 0.717) is 21.6 Å². The van der Waals surface area contributed by atoms with Crippen molar-refractivity contribution in [3.05, 3.63) is 58.4 Å². The maximum atomic E-state index is 12.1. The molecule has 6 nitrogen and oxygen atoms in total. The van der Waals surface area contributed by atoms with Crippen molar-refractivity contribution in [3.63, 3.8) is 0 Å². The minimum absolute atomic E-state index is 0.124. The fourth-order valence-corrected chi connectivity index (χ4v) is 3.32. The van der Waals surface area contributed by atoms with Gasteiger partial charge in [-0.1, -0.05) is 29.8 Å². The average molecular weight is 416 g/mol. The second kappa shape index (κ2) is 8.86. The smallest absolute Gasteiger partial charge is 0.264 e. The number of nitrogens with one attached hydrogen (secondary N) is 2. The third-order valence-corrected chi connectivity index (χ3v) is 4.77. The molecule has 0 saturated heterocycles. The van der Waals surface area contributed by atoms with Crippen LogP contribution in [-0.4, -0.2) is 23.4 Å². The van der Waals surface area contributed by atoms with Crippen LogP contribution in [0.1, 0.15) is 12.5 Å². The van der Waals surface area contributed by atoms with Crippen LogP contribution in [0.4, 0.5) is 10.8 Å². The van der Waals surface area contributed by atoms with Gasteiger partial charge < -0.3 is 10.1 Å². The quantitative estimate of drug-likeness (QED) is 0.608. The van der Waals surface area contributed by atoms with Gasteiger partial charge in [-0.3, -0.25) is 14.9 Å². The molecule has 0 unspecified atom stereocenters. The van der Waals surface area contributed by atoms with Crippen molar-refractivity contribution in [2.24, 2.45) is 0 Å². The lowest BCUT2D eigenvalue weighted by Gasteiger charge is -2.08. The predicted molar refractivity (Wildman–Crippen MR) is 112 cm³/mol. The number of nitrogens with zero attached hydrogens (tertiary/aromatic N) is 1. The lowest BCUT2D eigenvalue weighted by atomic mass is 10.1. The molecule has 2 N–H and O–H groups in total. The van der Waals surface area contributed by atoms with E-state index in [1.54, 1.807) is 24.3 Å². The van der Waals surface area contributed by atoms with Gasteiger partial charge in [0.1, 0.15) is 5.75 Å². The summed E-state index contributed by atoms with van der Waals surface area (Å²) in [6.07, 6.45) is 0. The second-order valence-corrected chi connectivity index (χ2v) is 7.33. The average Bonchev–Trinajstić information content (AvgIpc) is 3.11. The van der Waals surface area contributed by atoms with E-state index in [1.165, 1.54) is 18.3 Å². The maximum Gasteiger partial charge on any atom is 0.264 e. The molecule has 0 spiro atoms. The summed E-state index contributed by atoms with van der Waals surface area (Å²) in [6.45, 7) is 3.21. The van der Waals surface area contributed by atoms with Crippen molar-refractivity contribution in [2.75, 3.05) is 17.2 Å². The summed E-state index contributed by atoms with van der Waals surface area (Å²) in [6, 6.07) is 12.7. The molecule has 0 fully saturated rings. The van der Waals surface area contributed by atoms with Gasteiger partial charge in [0.05, 0.1) is 10.7 Å². The topological polar surface area (TPSA) is 80.3 Å². The third kappa shape index (κ3) is 5.31. The Morgan fingerprint density at radius 3 is 2.61 bits per heavy atom. The van der Waals surface area contributed by atoms with Crippen molar-refractivity contribution in [2.45, 2.75) is 13.8 Å². The summed E-state index contributed by atoms with van der Waals surface area (Å²) in [7, 11) is 0. The number of aromatic nitrogens is 1. The van der Waals surface area contributed by atoms with Gasteiger partial charge >= 0.3 is 0 Å². The number of halogens is 1. The first-order chi connectivity index (χ1) is 13.4. The summed E-state index contributed by atoms with van der Waals surface area (Å²) >= 11 is 7.38. The zero-order chi connectivity index (χ0) is 20.1. The largest absolute Gasteiger partial charge is 0.482 e. The number of anilines is 2. The molecule has 0 saturated carbocycles. The van der Waals surface area contributed by atoms with Gasteiger partial charge in [-0.2, -0.15) is 0 Å². The zero-order valence-corrected chi connectivity index (χ0v) is 16.9. The van der Waals surface area contributed by atoms with Crippen molar-refractivity contribution >= 4 is 45.6 Å². The van der Waals surface area contributed by atoms with Crippen molar-refractivity contribution < 1.29 is 14.3 Å². The number of rotatable bonds is 6. The summed E-state index contributed by atoms with van der Waals surface area (Å²) in [4.78, 5) is 27.6. The number of hydrogen-bond donors (Lipinski definition) is 2. The first-order valence-corrected chi connectivity index (χ1v) is 9.69. The van der Waals surface area contributed by atoms with Crippen LogP contribution in [0.15, 0.2) is 47.8 Å². The number of amides is 2. The Kier molecular flexibility index (Phi) is 6.28. The van der Waals surface area contributed by atoms with Crippen LogP contribution in [0.2, 0.25) is 5.02 Å². The Morgan fingerprint density at radius 2 is 1.89 bits per heavy atom. The van der Waals surface area contributed by atoms with Crippen LogP contribution in [0.5, 0.6) is 5.75 Å². The molecule has 0 aliphatic carbocycles. The highest BCUT2D eigenvalue weighted by Gasteiger charge is 2.10. The fourth-order valence-electron chi connectivity index (χ4n) is 2.41. The number of thiazole rings is 1. The van der Waals surface area contributed by atoms with E-state index in [-0.39, 0.29) is 18.4 Å². The van der Waals surface area contributed by atoms with Gasteiger partial charge in [-0.25, -0.2) is 4.98 Å². The standard InChI is InChI=1S/C20H18ClN3O3S/c1-12-3-8-16(21)18(9-12)27-10-19(26)24-20-23-17(11-28-20)14-4-6-15(7-5-14)22-13(2)25/h3-9,11H,10H2,1-2H3,(H,22,25)(H,23,24,26). The molecule has 0 atom stereocenters. The van der Waals surface area contributed by atoms with Crippen LogP contribution in [0, 0.1) is 6.92 Å². The predicted octanol–water partition coefficient (Wildman–Crippen LogP) is 4.75. The highest BCUT2D eigenvalue weighted by Crippen LogP contribution is 2.27. The number of ether oxygens (including phenoxy) is 1. The number of aryl methyl sites for hydroxylation is 1. The molecule has 0 bridgehead atoms. The fraction of sp³-hybridized carbons (Fsp3) is 0.150. The van der Waals surface area contributed by atoms with Gasteiger partial charge in [0.15, 0.2) is 11.7 Å². The summed E-state index contributed by atoms with van der Waals surface area (Å²) < 4.78 is 5.49. The summed E-state index contributed by atoms with van der Waals surface area (Å²) in [5.41, 5.74) is 3.33. The van der Waals surface area contributed by atoms with E-state index in [9.17, 15) is 9.59 Å². The third-order valence-electron chi connectivity index (χ3n) is 3.70. The van der Waals surface area contributed by atoms with Crippen molar-refractivity contribution in [1.29, 1.82) is 0 Å². The second-order valence-electron chi connectivity index (χ2n) is 6.07. The first kappa shape index (κ1) is 19.9. The molecule has 28 heavy (non-hydrogen) atoms. The van der Waals surface area contributed by atoms with Crippen LogP contribution in [0.25, 0.3) is 11.3 Å². The van der Waals surface area contributed by atoms with Gasteiger partial charge in [-0.05, 0) is 36.8 Å². The number of benzene rings is 2. The van der Waals surface area contributed by atoms with Crippen molar-refractivity contribution in [1.82, 2.24) is 4.98 Å². The number of carbonyl (C=O) groups is 2. The maximum absolute atomic E-state index is 12.1. The molecule has 0 aliphatic heterocycles. The summed E-state index contributed by atoms with van der Waals surface area (Å²) in [5.74, 6) is 0.0240. The van der Waals surface area contributed by atoms with E-state index in [2.05, 4.69) is 15.6 Å². The molecule has 2 aromatic carbocycles.